The van der Waals surface area contributed by atoms with Crippen molar-refractivity contribution in [3.8, 4) is 5.88 Å². The van der Waals surface area contributed by atoms with E-state index >= 15 is 0 Å². The molecule has 0 radical (unpaired) electrons. The Balaban J connectivity index is 1.53. The number of hydrogen-bond acceptors (Lipinski definition) is 4. The lowest BCUT2D eigenvalue weighted by atomic mass is 10.3. The van der Waals surface area contributed by atoms with Gasteiger partial charge in [0.15, 0.2) is 0 Å². The second-order valence-electron chi connectivity index (χ2n) is 5.30. The Morgan fingerprint density at radius 1 is 1.48 bits per heavy atom. The summed E-state index contributed by atoms with van der Waals surface area (Å²) in [6, 6.07) is 7.84. The first-order valence-electron chi connectivity index (χ1n) is 7.10. The highest BCUT2D eigenvalue weighted by Gasteiger charge is 2.27. The Kier molecular flexibility index (Phi) is 4.20. The molecule has 1 saturated heterocycles. The fourth-order valence-electron chi connectivity index (χ4n) is 2.42. The average molecular weight is 302 g/mol. The van der Waals surface area contributed by atoms with Crippen molar-refractivity contribution in [3.63, 3.8) is 0 Å². The molecule has 3 heterocycles. The summed E-state index contributed by atoms with van der Waals surface area (Å²) < 4.78 is 5.84. The van der Waals surface area contributed by atoms with Gasteiger partial charge in [0.1, 0.15) is 6.10 Å². The van der Waals surface area contributed by atoms with Crippen molar-refractivity contribution in [1.82, 2.24) is 9.88 Å². The first-order valence-corrected chi connectivity index (χ1v) is 7.98. The van der Waals surface area contributed by atoms with E-state index in [4.69, 9.17) is 4.74 Å². The molecular formula is C16H18N2O2S. The fraction of sp³-hybridized carbons (Fsp3) is 0.375. The number of carbonyl (C=O) groups excluding carboxylic acids is 1. The lowest BCUT2D eigenvalue weighted by Gasteiger charge is -2.16. The van der Waals surface area contributed by atoms with E-state index in [1.165, 1.54) is 0 Å². The van der Waals surface area contributed by atoms with Gasteiger partial charge >= 0.3 is 0 Å². The van der Waals surface area contributed by atoms with Gasteiger partial charge in [-0.2, -0.15) is 0 Å². The predicted molar refractivity (Wildman–Crippen MR) is 82.6 cm³/mol. The Morgan fingerprint density at radius 3 is 3.10 bits per heavy atom. The standard InChI is InChI=1S/C16H18N2O2S/c1-12-4-5-15(17-10-12)20-13-6-7-18(11-13)16(19)9-14-3-2-8-21-14/h2-5,8,10,13H,6-7,9,11H2,1H3. The number of carbonyl (C=O) groups is 1. The van der Waals surface area contributed by atoms with Crippen LogP contribution < -0.4 is 4.74 Å². The number of pyridine rings is 1. The minimum Gasteiger partial charge on any atom is -0.472 e. The van der Waals surface area contributed by atoms with Crippen molar-refractivity contribution >= 4 is 17.2 Å². The van der Waals surface area contributed by atoms with E-state index in [9.17, 15) is 4.79 Å². The maximum absolute atomic E-state index is 12.2. The average Bonchev–Trinajstić information content (AvgIpc) is 3.13. The van der Waals surface area contributed by atoms with Gasteiger partial charge in [0.2, 0.25) is 11.8 Å². The molecule has 0 bridgehead atoms. The molecule has 0 spiro atoms. The van der Waals surface area contributed by atoms with Crippen molar-refractivity contribution < 1.29 is 9.53 Å². The van der Waals surface area contributed by atoms with Crippen molar-refractivity contribution in [2.75, 3.05) is 13.1 Å². The van der Waals surface area contributed by atoms with Crippen LogP contribution in [0.2, 0.25) is 0 Å². The molecule has 1 unspecified atom stereocenters. The number of nitrogens with zero attached hydrogens (tertiary/aromatic N) is 2. The van der Waals surface area contributed by atoms with E-state index in [0.29, 0.717) is 18.8 Å². The van der Waals surface area contributed by atoms with Gasteiger partial charge in [-0.15, -0.1) is 11.3 Å². The Bertz CT molecular complexity index is 595. The first-order chi connectivity index (χ1) is 10.2. The molecular weight excluding hydrogens is 284 g/mol. The second kappa shape index (κ2) is 6.26. The highest BCUT2D eigenvalue weighted by atomic mass is 32.1. The van der Waals surface area contributed by atoms with E-state index in [1.807, 2.05) is 41.5 Å². The molecule has 110 valence electrons. The fourth-order valence-corrected chi connectivity index (χ4v) is 3.12. The summed E-state index contributed by atoms with van der Waals surface area (Å²) in [5.74, 6) is 0.818. The monoisotopic (exact) mass is 302 g/mol. The molecule has 1 atom stereocenters. The molecule has 2 aromatic rings. The third kappa shape index (κ3) is 3.61. The molecule has 0 saturated carbocycles. The topological polar surface area (TPSA) is 42.4 Å². The summed E-state index contributed by atoms with van der Waals surface area (Å²) in [5.41, 5.74) is 1.11. The van der Waals surface area contributed by atoms with E-state index < -0.39 is 0 Å². The van der Waals surface area contributed by atoms with Gasteiger partial charge in [0.25, 0.3) is 0 Å². The van der Waals surface area contributed by atoms with Crippen molar-refractivity contribution in [3.05, 3.63) is 46.3 Å². The zero-order valence-corrected chi connectivity index (χ0v) is 12.8. The van der Waals surface area contributed by atoms with Crippen molar-refractivity contribution in [2.45, 2.75) is 25.9 Å². The quantitative estimate of drug-likeness (QED) is 0.872. The Morgan fingerprint density at radius 2 is 2.38 bits per heavy atom. The molecule has 4 nitrogen and oxygen atoms in total. The van der Waals surface area contributed by atoms with E-state index in [0.717, 1.165) is 23.4 Å². The molecule has 1 aliphatic rings. The predicted octanol–water partition coefficient (Wildman–Crippen LogP) is 2.67. The third-order valence-electron chi connectivity index (χ3n) is 3.57. The lowest BCUT2D eigenvalue weighted by Crippen LogP contribution is -2.32. The van der Waals surface area contributed by atoms with Crippen LogP contribution in [0.1, 0.15) is 16.9 Å². The molecule has 3 rings (SSSR count). The largest absolute Gasteiger partial charge is 0.472 e. The van der Waals surface area contributed by atoms with E-state index in [-0.39, 0.29) is 12.0 Å². The molecule has 0 N–H and O–H groups in total. The molecule has 1 aliphatic heterocycles. The van der Waals surface area contributed by atoms with Crippen LogP contribution >= 0.6 is 11.3 Å². The summed E-state index contributed by atoms with van der Waals surface area (Å²) in [4.78, 5) is 19.5. The number of likely N-dealkylation sites (tertiary alicyclic amines) is 1. The highest BCUT2D eigenvalue weighted by Crippen LogP contribution is 2.18. The summed E-state index contributed by atoms with van der Waals surface area (Å²) in [6.07, 6.45) is 3.20. The maximum Gasteiger partial charge on any atom is 0.227 e. The van der Waals surface area contributed by atoms with Crippen LogP contribution in [0.3, 0.4) is 0 Å². The number of amides is 1. The molecule has 1 amide bonds. The molecule has 2 aromatic heterocycles. The Labute approximate surface area is 128 Å². The third-order valence-corrected chi connectivity index (χ3v) is 4.45. The van der Waals surface area contributed by atoms with Gasteiger partial charge in [-0.3, -0.25) is 4.79 Å². The van der Waals surface area contributed by atoms with Crippen LogP contribution in [0, 0.1) is 6.92 Å². The zero-order chi connectivity index (χ0) is 14.7. The van der Waals surface area contributed by atoms with Crippen molar-refractivity contribution in [2.24, 2.45) is 0 Å². The van der Waals surface area contributed by atoms with Gasteiger partial charge in [-0.1, -0.05) is 12.1 Å². The smallest absolute Gasteiger partial charge is 0.227 e. The minimum absolute atomic E-state index is 0.0486. The van der Waals surface area contributed by atoms with Crippen LogP contribution in [0.4, 0.5) is 0 Å². The molecule has 5 heteroatoms. The van der Waals surface area contributed by atoms with Gasteiger partial charge in [0, 0.05) is 30.1 Å². The van der Waals surface area contributed by atoms with E-state index in [1.54, 1.807) is 17.5 Å². The first kappa shape index (κ1) is 14.1. The number of rotatable bonds is 4. The normalized spacial score (nSPS) is 18.0. The van der Waals surface area contributed by atoms with Gasteiger partial charge in [-0.25, -0.2) is 4.98 Å². The summed E-state index contributed by atoms with van der Waals surface area (Å²) in [6.45, 7) is 3.41. The van der Waals surface area contributed by atoms with Crippen LogP contribution in [0.15, 0.2) is 35.8 Å². The number of hydrogen-bond donors (Lipinski definition) is 0. The molecule has 0 aromatic carbocycles. The summed E-state index contributed by atoms with van der Waals surface area (Å²) in [7, 11) is 0. The second-order valence-corrected chi connectivity index (χ2v) is 6.33. The van der Waals surface area contributed by atoms with E-state index in [2.05, 4.69) is 4.98 Å². The lowest BCUT2D eigenvalue weighted by molar-refractivity contribution is -0.129. The summed E-state index contributed by atoms with van der Waals surface area (Å²) in [5, 5.41) is 2.00. The van der Waals surface area contributed by atoms with Crippen LogP contribution in [-0.4, -0.2) is 35.0 Å². The number of aryl methyl sites for hydroxylation is 1. The van der Waals surface area contributed by atoms with Crippen molar-refractivity contribution in [1.29, 1.82) is 0 Å². The zero-order valence-electron chi connectivity index (χ0n) is 12.0. The van der Waals surface area contributed by atoms with Crippen LogP contribution in [0.25, 0.3) is 0 Å². The highest BCUT2D eigenvalue weighted by molar-refractivity contribution is 7.10. The molecule has 1 fully saturated rings. The number of thiophene rings is 1. The van der Waals surface area contributed by atoms with Gasteiger partial charge in [0.05, 0.1) is 13.0 Å². The maximum atomic E-state index is 12.2. The minimum atomic E-state index is 0.0486. The van der Waals surface area contributed by atoms with Crippen LogP contribution in [-0.2, 0) is 11.2 Å². The molecule has 21 heavy (non-hydrogen) atoms. The van der Waals surface area contributed by atoms with Gasteiger partial charge in [-0.05, 0) is 23.9 Å². The SMILES string of the molecule is Cc1ccc(OC2CCN(C(=O)Cc3cccs3)C2)nc1. The number of aromatic nitrogens is 1. The number of ether oxygens (including phenoxy) is 1. The Hall–Kier alpha value is -1.88. The molecule has 0 aliphatic carbocycles. The van der Waals surface area contributed by atoms with Gasteiger partial charge < -0.3 is 9.64 Å². The van der Waals surface area contributed by atoms with Crippen LogP contribution in [0.5, 0.6) is 5.88 Å². The summed E-state index contributed by atoms with van der Waals surface area (Å²) >= 11 is 1.63.